The Hall–Kier alpha value is -1.94. The zero-order valence-electron chi connectivity index (χ0n) is 11.5. The molecular formula is C16H18O4. The number of carbonyl (C=O) groups excluding carboxylic acids is 2. The first kappa shape index (κ1) is 14.5. The number of allylic oxidation sites excluding steroid dienone is 1. The molecule has 0 heterocycles. The van der Waals surface area contributed by atoms with E-state index in [0.717, 1.165) is 5.56 Å². The van der Waals surface area contributed by atoms with Gasteiger partial charge in [0, 0.05) is 11.8 Å². The van der Waals surface area contributed by atoms with Gasteiger partial charge in [-0.05, 0) is 11.6 Å². The van der Waals surface area contributed by atoms with Crippen molar-refractivity contribution < 1.29 is 19.1 Å². The van der Waals surface area contributed by atoms with Gasteiger partial charge in [-0.15, -0.1) is 0 Å². The highest BCUT2D eigenvalue weighted by Crippen LogP contribution is 2.26. The van der Waals surface area contributed by atoms with Crippen LogP contribution in [0.25, 0.3) is 0 Å². The van der Waals surface area contributed by atoms with Crippen molar-refractivity contribution in [3.05, 3.63) is 48.0 Å². The third-order valence-electron chi connectivity index (χ3n) is 3.43. The molecular weight excluding hydrogens is 256 g/mol. The van der Waals surface area contributed by atoms with Gasteiger partial charge in [0.25, 0.3) is 0 Å². The topological polar surface area (TPSA) is 52.6 Å². The van der Waals surface area contributed by atoms with E-state index in [2.05, 4.69) is 4.74 Å². The van der Waals surface area contributed by atoms with E-state index < -0.39 is 0 Å². The average molecular weight is 274 g/mol. The Balaban J connectivity index is 1.83. The van der Waals surface area contributed by atoms with Crippen LogP contribution >= 0.6 is 0 Å². The molecule has 0 bridgehead atoms. The lowest BCUT2D eigenvalue weighted by atomic mass is 9.92. The summed E-state index contributed by atoms with van der Waals surface area (Å²) in [5.41, 5.74) is 1.09. The van der Waals surface area contributed by atoms with Crippen molar-refractivity contribution in [3.8, 4) is 0 Å². The van der Waals surface area contributed by atoms with E-state index in [4.69, 9.17) is 4.74 Å². The monoisotopic (exact) mass is 274 g/mol. The maximum Gasteiger partial charge on any atom is 0.306 e. The molecule has 20 heavy (non-hydrogen) atoms. The van der Waals surface area contributed by atoms with Crippen LogP contribution in [0.3, 0.4) is 0 Å². The number of rotatable bonds is 6. The van der Waals surface area contributed by atoms with Crippen LogP contribution in [0, 0.1) is 11.8 Å². The molecule has 2 atom stereocenters. The average Bonchev–Trinajstić information content (AvgIpc) is 2.81. The number of esters is 1. The van der Waals surface area contributed by atoms with Crippen LogP contribution in [-0.2, 0) is 25.7 Å². The normalized spacial score (nSPS) is 21.1. The Morgan fingerprint density at radius 3 is 2.70 bits per heavy atom. The zero-order valence-corrected chi connectivity index (χ0v) is 11.5. The van der Waals surface area contributed by atoms with E-state index in [9.17, 15) is 9.59 Å². The van der Waals surface area contributed by atoms with Crippen LogP contribution in [-0.4, -0.2) is 25.5 Å². The molecule has 4 heteroatoms. The van der Waals surface area contributed by atoms with Crippen molar-refractivity contribution in [2.75, 3.05) is 13.7 Å². The number of carbonyl (C=O) groups is 2. The zero-order chi connectivity index (χ0) is 14.4. The summed E-state index contributed by atoms with van der Waals surface area (Å²) in [7, 11) is 1.33. The van der Waals surface area contributed by atoms with E-state index >= 15 is 0 Å². The Morgan fingerprint density at radius 2 is 2.00 bits per heavy atom. The first-order valence-electron chi connectivity index (χ1n) is 6.61. The van der Waals surface area contributed by atoms with Gasteiger partial charge >= 0.3 is 5.97 Å². The number of ketones is 1. The minimum Gasteiger partial charge on any atom is -0.469 e. The summed E-state index contributed by atoms with van der Waals surface area (Å²) in [6.07, 6.45) is 3.47. The van der Waals surface area contributed by atoms with Gasteiger partial charge in [-0.3, -0.25) is 9.59 Å². The van der Waals surface area contributed by atoms with Crippen LogP contribution in [0.15, 0.2) is 42.5 Å². The van der Waals surface area contributed by atoms with Gasteiger partial charge in [0.05, 0.1) is 26.7 Å². The predicted octanol–water partition coefficient (Wildman–Crippen LogP) is 2.14. The number of ether oxygens (including phenoxy) is 2. The van der Waals surface area contributed by atoms with Gasteiger partial charge in [-0.2, -0.15) is 0 Å². The molecule has 2 unspecified atom stereocenters. The number of benzene rings is 1. The molecule has 2 rings (SSSR count). The Bertz CT molecular complexity index is 492. The van der Waals surface area contributed by atoms with Gasteiger partial charge in [0.15, 0.2) is 5.78 Å². The SMILES string of the molecule is COC(=O)CC1C(=O)C=CC1COCc1ccccc1. The molecule has 0 amide bonds. The molecule has 1 aliphatic carbocycles. The lowest BCUT2D eigenvalue weighted by Gasteiger charge is -2.17. The molecule has 0 fully saturated rings. The van der Waals surface area contributed by atoms with Gasteiger partial charge in [-0.25, -0.2) is 0 Å². The largest absolute Gasteiger partial charge is 0.469 e. The molecule has 1 aliphatic rings. The summed E-state index contributed by atoms with van der Waals surface area (Å²) in [6.45, 7) is 0.934. The summed E-state index contributed by atoms with van der Waals surface area (Å²) >= 11 is 0. The molecule has 0 aromatic heterocycles. The van der Waals surface area contributed by atoms with E-state index in [1.165, 1.54) is 13.2 Å². The Labute approximate surface area is 118 Å². The molecule has 106 valence electrons. The van der Waals surface area contributed by atoms with Crippen molar-refractivity contribution in [2.24, 2.45) is 11.8 Å². The third kappa shape index (κ3) is 3.78. The summed E-state index contributed by atoms with van der Waals surface area (Å²) in [4.78, 5) is 23.0. The second kappa shape index (κ2) is 7.01. The van der Waals surface area contributed by atoms with Gasteiger partial charge in [0.2, 0.25) is 0 Å². The quantitative estimate of drug-likeness (QED) is 0.746. The molecule has 1 aromatic rings. The summed E-state index contributed by atoms with van der Waals surface area (Å²) in [6, 6.07) is 9.84. The maximum absolute atomic E-state index is 11.7. The van der Waals surface area contributed by atoms with E-state index in [1.807, 2.05) is 36.4 Å². The van der Waals surface area contributed by atoms with E-state index in [-0.39, 0.29) is 30.0 Å². The minimum atomic E-state index is -0.361. The van der Waals surface area contributed by atoms with Crippen LogP contribution in [0.2, 0.25) is 0 Å². The van der Waals surface area contributed by atoms with Gasteiger partial charge in [0.1, 0.15) is 0 Å². The smallest absolute Gasteiger partial charge is 0.306 e. The fraction of sp³-hybridized carbons (Fsp3) is 0.375. The molecule has 0 saturated carbocycles. The minimum absolute atomic E-state index is 0.0243. The van der Waals surface area contributed by atoms with Crippen LogP contribution in [0.5, 0.6) is 0 Å². The first-order chi connectivity index (χ1) is 9.70. The molecule has 1 aromatic carbocycles. The fourth-order valence-electron chi connectivity index (χ4n) is 2.26. The molecule has 0 saturated heterocycles. The van der Waals surface area contributed by atoms with Crippen molar-refractivity contribution in [2.45, 2.75) is 13.0 Å². The van der Waals surface area contributed by atoms with Gasteiger partial charge < -0.3 is 9.47 Å². The summed E-state index contributed by atoms with van der Waals surface area (Å²) in [5.74, 6) is -0.785. The number of methoxy groups -OCH3 is 1. The Morgan fingerprint density at radius 1 is 1.25 bits per heavy atom. The lowest BCUT2D eigenvalue weighted by Crippen LogP contribution is -2.23. The third-order valence-corrected chi connectivity index (χ3v) is 3.43. The lowest BCUT2D eigenvalue weighted by molar-refractivity contribution is -0.143. The van der Waals surface area contributed by atoms with Crippen LogP contribution in [0.1, 0.15) is 12.0 Å². The molecule has 0 radical (unpaired) electrons. The summed E-state index contributed by atoms with van der Waals surface area (Å²) in [5, 5.41) is 0. The van der Waals surface area contributed by atoms with Crippen molar-refractivity contribution in [3.63, 3.8) is 0 Å². The highest BCUT2D eigenvalue weighted by Gasteiger charge is 2.32. The highest BCUT2D eigenvalue weighted by molar-refractivity contribution is 5.96. The number of hydrogen-bond acceptors (Lipinski definition) is 4. The molecule has 4 nitrogen and oxygen atoms in total. The second-order valence-electron chi connectivity index (χ2n) is 4.81. The first-order valence-corrected chi connectivity index (χ1v) is 6.61. The second-order valence-corrected chi connectivity index (χ2v) is 4.81. The fourth-order valence-corrected chi connectivity index (χ4v) is 2.26. The van der Waals surface area contributed by atoms with Crippen molar-refractivity contribution in [1.82, 2.24) is 0 Å². The van der Waals surface area contributed by atoms with Crippen LogP contribution in [0.4, 0.5) is 0 Å². The van der Waals surface area contributed by atoms with E-state index in [1.54, 1.807) is 0 Å². The Kier molecular flexibility index (Phi) is 5.07. The maximum atomic E-state index is 11.7. The highest BCUT2D eigenvalue weighted by atomic mass is 16.5. The van der Waals surface area contributed by atoms with Crippen molar-refractivity contribution in [1.29, 1.82) is 0 Å². The molecule has 0 spiro atoms. The molecule has 0 N–H and O–H groups in total. The molecule has 0 aliphatic heterocycles. The van der Waals surface area contributed by atoms with Gasteiger partial charge in [-0.1, -0.05) is 36.4 Å². The number of hydrogen-bond donors (Lipinski definition) is 0. The predicted molar refractivity (Wildman–Crippen MR) is 73.9 cm³/mol. The van der Waals surface area contributed by atoms with E-state index in [0.29, 0.717) is 13.2 Å². The van der Waals surface area contributed by atoms with Crippen molar-refractivity contribution >= 4 is 11.8 Å². The standard InChI is InChI=1S/C16H18O4/c1-19-16(18)9-14-13(7-8-15(14)17)11-20-10-12-5-3-2-4-6-12/h2-8,13-14H,9-11H2,1H3. The summed E-state index contributed by atoms with van der Waals surface area (Å²) < 4.78 is 10.3. The van der Waals surface area contributed by atoms with Crippen LogP contribution < -0.4 is 0 Å².